The number of nitrogens with one attached hydrogen (secondary N) is 3. The zero-order valence-electron chi connectivity index (χ0n) is 18.1. The molecule has 3 N–H and O–H groups in total. The molecule has 0 aromatic heterocycles. The summed E-state index contributed by atoms with van der Waals surface area (Å²) >= 11 is 0. The van der Waals surface area contributed by atoms with Crippen molar-refractivity contribution in [1.29, 1.82) is 0 Å². The number of carbonyl (C=O) groups is 3. The fraction of sp³-hybridized carbons (Fsp3) is 0.727. The minimum atomic E-state index is -0.135. The maximum Gasteiger partial charge on any atom is 0.233 e. The van der Waals surface area contributed by atoms with Gasteiger partial charge in [0.1, 0.15) is 0 Å². The van der Waals surface area contributed by atoms with Crippen LogP contribution in [0.3, 0.4) is 0 Å². The van der Waals surface area contributed by atoms with Crippen LogP contribution in [0.15, 0.2) is 17.1 Å². The van der Waals surface area contributed by atoms with E-state index in [9.17, 15) is 14.4 Å². The smallest absolute Gasteiger partial charge is 0.233 e. The molecule has 0 spiro atoms. The second-order valence-electron chi connectivity index (χ2n) is 8.79. The number of imide groups is 1. The Hall–Kier alpha value is -1.65. The third kappa shape index (κ3) is 5.06. The molecule has 3 aliphatic carbocycles. The van der Waals surface area contributed by atoms with Gasteiger partial charge >= 0.3 is 0 Å². The standard InChI is InChI=1S/C22H33N5O3.HI/c1-2-23-22(25-10-4-9-24-19(28)14-5-3-6-14)26-11-12-27-20(29)17-15-7-8-16(13-15)18(17)21(27)30;/h7-8,14-18H,2-6,9-13H2,1H3,(H,24,28)(H2,23,25,26);1H. The summed E-state index contributed by atoms with van der Waals surface area (Å²) in [7, 11) is 0. The van der Waals surface area contributed by atoms with Crippen LogP contribution in [0.2, 0.25) is 0 Å². The number of fused-ring (bicyclic) bond motifs is 5. The molecule has 172 valence electrons. The van der Waals surface area contributed by atoms with E-state index < -0.39 is 0 Å². The second kappa shape index (κ2) is 10.8. The van der Waals surface area contributed by atoms with Crippen LogP contribution in [0.25, 0.3) is 0 Å². The van der Waals surface area contributed by atoms with Crippen LogP contribution in [0, 0.1) is 29.6 Å². The SMILES string of the molecule is CCNC(=NCCCNC(=O)C1CCC1)NCCN1C(=O)C2C3C=CC(C3)C2C1=O.I. The van der Waals surface area contributed by atoms with Crippen LogP contribution >= 0.6 is 24.0 Å². The molecule has 31 heavy (non-hydrogen) atoms. The average molecular weight is 543 g/mol. The molecule has 1 aliphatic heterocycles. The Labute approximate surface area is 201 Å². The number of carbonyl (C=O) groups excluding carboxylic acids is 3. The Kier molecular flexibility index (Phi) is 8.35. The van der Waals surface area contributed by atoms with Crippen LogP contribution in [0.4, 0.5) is 0 Å². The summed E-state index contributed by atoms with van der Waals surface area (Å²) < 4.78 is 0. The molecule has 3 amide bonds. The van der Waals surface area contributed by atoms with E-state index in [0.717, 1.165) is 38.6 Å². The summed E-state index contributed by atoms with van der Waals surface area (Å²) in [5.74, 6) is 1.27. The van der Waals surface area contributed by atoms with Crippen LogP contribution in [-0.4, -0.2) is 61.3 Å². The monoisotopic (exact) mass is 543 g/mol. The molecule has 2 saturated carbocycles. The molecule has 4 unspecified atom stereocenters. The van der Waals surface area contributed by atoms with E-state index >= 15 is 0 Å². The van der Waals surface area contributed by atoms with E-state index in [4.69, 9.17) is 0 Å². The topological polar surface area (TPSA) is 103 Å². The zero-order valence-corrected chi connectivity index (χ0v) is 20.5. The van der Waals surface area contributed by atoms with Crippen molar-refractivity contribution in [1.82, 2.24) is 20.9 Å². The summed E-state index contributed by atoms with van der Waals surface area (Å²) in [5, 5.41) is 9.38. The van der Waals surface area contributed by atoms with Gasteiger partial charge in [0.2, 0.25) is 17.7 Å². The van der Waals surface area contributed by atoms with Gasteiger partial charge in [0.05, 0.1) is 11.8 Å². The van der Waals surface area contributed by atoms with Gasteiger partial charge in [-0.05, 0) is 44.4 Å². The Morgan fingerprint density at radius 2 is 1.74 bits per heavy atom. The number of rotatable bonds is 9. The minimum absolute atomic E-state index is 0. The number of aliphatic imine (C=N–C) groups is 1. The summed E-state index contributed by atoms with van der Waals surface area (Å²) in [6.07, 6.45) is 9.15. The van der Waals surface area contributed by atoms with Gasteiger partial charge in [-0.1, -0.05) is 18.6 Å². The Morgan fingerprint density at radius 1 is 1.06 bits per heavy atom. The lowest BCUT2D eigenvalue weighted by Gasteiger charge is -2.23. The van der Waals surface area contributed by atoms with Gasteiger partial charge in [0.25, 0.3) is 0 Å². The second-order valence-corrected chi connectivity index (χ2v) is 8.79. The van der Waals surface area contributed by atoms with Crippen molar-refractivity contribution in [3.63, 3.8) is 0 Å². The maximum atomic E-state index is 12.7. The molecule has 1 saturated heterocycles. The highest BCUT2D eigenvalue weighted by Gasteiger charge is 2.58. The molecule has 0 aromatic rings. The lowest BCUT2D eigenvalue weighted by molar-refractivity contribution is -0.140. The van der Waals surface area contributed by atoms with Crippen molar-refractivity contribution in [3.8, 4) is 0 Å². The highest BCUT2D eigenvalue weighted by atomic mass is 127. The van der Waals surface area contributed by atoms with Crippen LogP contribution < -0.4 is 16.0 Å². The molecule has 4 atom stereocenters. The first kappa shape index (κ1) is 24.0. The van der Waals surface area contributed by atoms with Crippen LogP contribution in [0.5, 0.6) is 0 Å². The minimum Gasteiger partial charge on any atom is -0.357 e. The molecular weight excluding hydrogens is 509 g/mol. The first-order valence-electron chi connectivity index (χ1n) is 11.4. The molecule has 0 aromatic carbocycles. The van der Waals surface area contributed by atoms with E-state index in [2.05, 4.69) is 33.1 Å². The normalized spacial score (nSPS) is 28.9. The summed E-state index contributed by atoms with van der Waals surface area (Å²) in [6, 6.07) is 0. The largest absolute Gasteiger partial charge is 0.357 e. The van der Waals surface area contributed by atoms with Gasteiger partial charge in [-0.15, -0.1) is 24.0 Å². The summed E-state index contributed by atoms with van der Waals surface area (Å²) in [4.78, 5) is 43.2. The van der Waals surface area contributed by atoms with E-state index in [1.807, 2.05) is 6.92 Å². The fourth-order valence-electron chi connectivity index (χ4n) is 5.11. The fourth-order valence-corrected chi connectivity index (χ4v) is 5.11. The highest BCUT2D eigenvalue weighted by Crippen LogP contribution is 2.52. The maximum absolute atomic E-state index is 12.7. The predicted molar refractivity (Wildman–Crippen MR) is 129 cm³/mol. The van der Waals surface area contributed by atoms with E-state index in [-0.39, 0.29) is 71.3 Å². The number of likely N-dealkylation sites (tertiary alicyclic amines) is 1. The molecule has 9 heteroatoms. The van der Waals surface area contributed by atoms with Gasteiger partial charge < -0.3 is 16.0 Å². The lowest BCUT2D eigenvalue weighted by Crippen LogP contribution is -2.43. The van der Waals surface area contributed by atoms with Crippen LogP contribution in [0.1, 0.15) is 39.0 Å². The van der Waals surface area contributed by atoms with E-state index in [0.29, 0.717) is 32.1 Å². The first-order chi connectivity index (χ1) is 14.6. The Bertz CT molecular complexity index is 721. The van der Waals surface area contributed by atoms with Gasteiger partial charge in [0, 0.05) is 38.6 Å². The molecule has 0 radical (unpaired) electrons. The number of nitrogens with zero attached hydrogens (tertiary/aromatic N) is 2. The number of hydrogen-bond acceptors (Lipinski definition) is 4. The molecule has 4 rings (SSSR count). The third-order valence-corrected chi connectivity index (χ3v) is 6.91. The van der Waals surface area contributed by atoms with Crippen molar-refractivity contribution in [3.05, 3.63) is 12.2 Å². The molecule has 3 fully saturated rings. The van der Waals surface area contributed by atoms with Crippen LogP contribution in [-0.2, 0) is 14.4 Å². The van der Waals surface area contributed by atoms with Crippen molar-refractivity contribution < 1.29 is 14.4 Å². The quantitative estimate of drug-likeness (QED) is 0.102. The number of allylic oxidation sites excluding steroid dienone is 2. The highest BCUT2D eigenvalue weighted by molar-refractivity contribution is 14.0. The summed E-state index contributed by atoms with van der Waals surface area (Å²) in [5.41, 5.74) is 0. The number of guanidine groups is 1. The third-order valence-electron chi connectivity index (χ3n) is 6.91. The number of hydrogen-bond donors (Lipinski definition) is 3. The van der Waals surface area contributed by atoms with Gasteiger partial charge in [0.15, 0.2) is 5.96 Å². The summed E-state index contributed by atoms with van der Waals surface area (Å²) in [6.45, 7) is 4.80. The Balaban J connectivity index is 0.00000272. The average Bonchev–Trinajstić information content (AvgIpc) is 3.35. The molecule has 4 aliphatic rings. The zero-order chi connectivity index (χ0) is 21.1. The van der Waals surface area contributed by atoms with Crippen molar-refractivity contribution in [2.75, 3.05) is 32.7 Å². The van der Waals surface area contributed by atoms with Crippen molar-refractivity contribution >= 4 is 47.7 Å². The first-order valence-corrected chi connectivity index (χ1v) is 11.4. The van der Waals surface area contributed by atoms with Crippen molar-refractivity contribution in [2.24, 2.45) is 34.6 Å². The number of amides is 3. The van der Waals surface area contributed by atoms with Gasteiger partial charge in [-0.2, -0.15) is 0 Å². The molecular formula is C22H34IN5O3. The number of halogens is 1. The predicted octanol–water partition coefficient (Wildman–Crippen LogP) is 1.27. The van der Waals surface area contributed by atoms with Gasteiger partial charge in [-0.3, -0.25) is 24.3 Å². The van der Waals surface area contributed by atoms with Gasteiger partial charge in [-0.25, -0.2) is 0 Å². The lowest BCUT2D eigenvalue weighted by atomic mass is 9.85. The molecule has 8 nitrogen and oxygen atoms in total. The molecule has 1 heterocycles. The van der Waals surface area contributed by atoms with E-state index in [1.54, 1.807) is 0 Å². The Morgan fingerprint density at radius 3 is 2.32 bits per heavy atom. The molecule has 2 bridgehead atoms. The van der Waals surface area contributed by atoms with E-state index in [1.165, 1.54) is 4.90 Å². The van der Waals surface area contributed by atoms with Crippen molar-refractivity contribution in [2.45, 2.75) is 39.0 Å².